The van der Waals surface area contributed by atoms with Gasteiger partial charge >= 0.3 is 12.1 Å². The average molecular weight is 262 g/mol. The van der Waals surface area contributed by atoms with Crippen molar-refractivity contribution in [3.63, 3.8) is 0 Å². The van der Waals surface area contributed by atoms with Crippen molar-refractivity contribution in [2.24, 2.45) is 0 Å². The molecule has 0 aromatic carbocycles. The molecule has 0 bridgehead atoms. The molecule has 0 saturated heterocycles. The molecule has 0 radical (unpaired) electrons. The fourth-order valence-electron chi connectivity index (χ4n) is 1.43. The Balaban J connectivity index is 3.00. The van der Waals surface area contributed by atoms with Crippen LogP contribution in [0, 0.1) is 0 Å². The molecular formula is C11H13F3N2O2. The van der Waals surface area contributed by atoms with Gasteiger partial charge in [-0.05, 0) is 13.0 Å². The first-order valence-corrected chi connectivity index (χ1v) is 5.10. The van der Waals surface area contributed by atoms with Gasteiger partial charge < -0.3 is 4.74 Å². The van der Waals surface area contributed by atoms with E-state index in [4.69, 9.17) is 0 Å². The number of carbonyl (C=O) groups excluding carboxylic acids is 1. The SMILES string of the molecule is COC(=O)C(C)(NCC(F)(F)F)c1cccnc1. The van der Waals surface area contributed by atoms with Crippen LogP contribution in [0.5, 0.6) is 0 Å². The molecule has 1 aromatic rings. The summed E-state index contributed by atoms with van der Waals surface area (Å²) >= 11 is 0. The third-order valence-corrected chi connectivity index (χ3v) is 2.47. The van der Waals surface area contributed by atoms with E-state index in [-0.39, 0.29) is 0 Å². The number of ether oxygens (including phenoxy) is 1. The summed E-state index contributed by atoms with van der Waals surface area (Å²) in [5, 5.41) is 2.16. The molecular weight excluding hydrogens is 249 g/mol. The smallest absolute Gasteiger partial charge is 0.401 e. The molecule has 100 valence electrons. The zero-order chi connectivity index (χ0) is 13.8. The second kappa shape index (κ2) is 5.34. The Hall–Kier alpha value is -1.63. The van der Waals surface area contributed by atoms with E-state index in [9.17, 15) is 18.0 Å². The standard InChI is InChI=1S/C11H13F3N2O2/c1-10(9(17)18-2,16-7-11(12,13)14)8-4-3-5-15-6-8/h3-6,16H,7H2,1-2H3. The second-order valence-corrected chi connectivity index (χ2v) is 3.83. The van der Waals surface area contributed by atoms with Crippen molar-refractivity contribution in [3.05, 3.63) is 30.1 Å². The molecule has 0 amide bonds. The van der Waals surface area contributed by atoms with E-state index in [1.807, 2.05) is 0 Å². The van der Waals surface area contributed by atoms with Crippen molar-refractivity contribution in [3.8, 4) is 0 Å². The maximum absolute atomic E-state index is 12.2. The van der Waals surface area contributed by atoms with Crippen LogP contribution < -0.4 is 5.32 Å². The van der Waals surface area contributed by atoms with Gasteiger partial charge in [-0.1, -0.05) is 6.07 Å². The van der Waals surface area contributed by atoms with Gasteiger partial charge in [0.15, 0.2) is 0 Å². The molecule has 4 nitrogen and oxygen atoms in total. The van der Waals surface area contributed by atoms with E-state index in [1.165, 1.54) is 31.5 Å². The molecule has 1 N–H and O–H groups in total. The third-order valence-electron chi connectivity index (χ3n) is 2.47. The highest BCUT2D eigenvalue weighted by Crippen LogP contribution is 2.23. The molecule has 18 heavy (non-hydrogen) atoms. The van der Waals surface area contributed by atoms with E-state index in [2.05, 4.69) is 15.0 Å². The fraction of sp³-hybridized carbons (Fsp3) is 0.455. The number of carbonyl (C=O) groups is 1. The number of esters is 1. The van der Waals surface area contributed by atoms with Crippen LogP contribution in [-0.2, 0) is 15.1 Å². The number of nitrogens with zero attached hydrogens (tertiary/aromatic N) is 1. The van der Waals surface area contributed by atoms with Gasteiger partial charge in [0.25, 0.3) is 0 Å². The van der Waals surface area contributed by atoms with Crippen LogP contribution in [0.1, 0.15) is 12.5 Å². The molecule has 0 fully saturated rings. The molecule has 0 spiro atoms. The summed E-state index contributed by atoms with van der Waals surface area (Å²) in [6, 6.07) is 3.04. The number of methoxy groups -OCH3 is 1. The van der Waals surface area contributed by atoms with Crippen LogP contribution in [0.4, 0.5) is 13.2 Å². The van der Waals surface area contributed by atoms with Gasteiger partial charge in [-0.15, -0.1) is 0 Å². The summed E-state index contributed by atoms with van der Waals surface area (Å²) in [6.07, 6.45) is -1.64. The fourth-order valence-corrected chi connectivity index (χ4v) is 1.43. The molecule has 1 heterocycles. The Morgan fingerprint density at radius 2 is 2.17 bits per heavy atom. The zero-order valence-electron chi connectivity index (χ0n) is 9.91. The van der Waals surface area contributed by atoms with E-state index in [0.29, 0.717) is 5.56 Å². The summed E-state index contributed by atoms with van der Waals surface area (Å²) < 4.78 is 41.3. The first-order chi connectivity index (χ1) is 8.29. The maximum Gasteiger partial charge on any atom is 0.401 e. The number of aromatic nitrogens is 1. The van der Waals surface area contributed by atoms with Crippen molar-refractivity contribution in [2.75, 3.05) is 13.7 Å². The predicted octanol–water partition coefficient (Wildman–Crippen LogP) is 1.62. The second-order valence-electron chi connectivity index (χ2n) is 3.83. The minimum absolute atomic E-state index is 0.307. The van der Waals surface area contributed by atoms with Crippen LogP contribution in [0.2, 0.25) is 0 Å². The molecule has 0 saturated carbocycles. The summed E-state index contributed by atoms with van der Waals surface area (Å²) in [7, 11) is 1.12. The lowest BCUT2D eigenvalue weighted by atomic mass is 9.93. The molecule has 1 atom stereocenters. The third kappa shape index (κ3) is 3.43. The topological polar surface area (TPSA) is 51.2 Å². The molecule has 0 aliphatic carbocycles. The van der Waals surface area contributed by atoms with Crippen LogP contribution in [-0.4, -0.2) is 30.8 Å². The van der Waals surface area contributed by atoms with Crippen molar-refractivity contribution in [1.29, 1.82) is 0 Å². The van der Waals surface area contributed by atoms with Crippen LogP contribution in [0.3, 0.4) is 0 Å². The van der Waals surface area contributed by atoms with Crippen molar-refractivity contribution >= 4 is 5.97 Å². The number of alkyl halides is 3. The van der Waals surface area contributed by atoms with E-state index in [0.717, 1.165) is 7.11 Å². The van der Waals surface area contributed by atoms with Crippen LogP contribution in [0.15, 0.2) is 24.5 Å². The number of hydrogen-bond acceptors (Lipinski definition) is 4. The van der Waals surface area contributed by atoms with Gasteiger partial charge in [-0.2, -0.15) is 13.2 Å². The lowest BCUT2D eigenvalue weighted by Crippen LogP contribution is -2.50. The van der Waals surface area contributed by atoms with Gasteiger partial charge in [-0.3, -0.25) is 10.3 Å². The van der Waals surface area contributed by atoms with Crippen LogP contribution >= 0.6 is 0 Å². The van der Waals surface area contributed by atoms with E-state index in [1.54, 1.807) is 0 Å². The van der Waals surface area contributed by atoms with Gasteiger partial charge in [0.05, 0.1) is 13.7 Å². The number of pyridine rings is 1. The minimum atomic E-state index is -4.42. The van der Waals surface area contributed by atoms with E-state index >= 15 is 0 Å². The van der Waals surface area contributed by atoms with Gasteiger partial charge in [0.2, 0.25) is 0 Å². The van der Waals surface area contributed by atoms with Gasteiger partial charge in [-0.25, -0.2) is 4.79 Å². The molecule has 1 aromatic heterocycles. The first-order valence-electron chi connectivity index (χ1n) is 5.10. The Labute approximate surface area is 102 Å². The molecule has 7 heteroatoms. The normalized spacial score (nSPS) is 14.9. The largest absolute Gasteiger partial charge is 0.467 e. The molecule has 0 aliphatic heterocycles. The minimum Gasteiger partial charge on any atom is -0.467 e. The van der Waals surface area contributed by atoms with Crippen molar-refractivity contribution < 1.29 is 22.7 Å². The van der Waals surface area contributed by atoms with E-state index < -0.39 is 24.2 Å². The highest BCUT2D eigenvalue weighted by atomic mass is 19.4. The highest BCUT2D eigenvalue weighted by molar-refractivity contribution is 5.81. The molecule has 0 aliphatic rings. The zero-order valence-corrected chi connectivity index (χ0v) is 9.91. The summed E-state index contributed by atoms with van der Waals surface area (Å²) in [5.74, 6) is -0.806. The number of halogens is 3. The van der Waals surface area contributed by atoms with Crippen molar-refractivity contribution in [1.82, 2.24) is 10.3 Å². The first kappa shape index (κ1) is 14.4. The van der Waals surface area contributed by atoms with Crippen LogP contribution in [0.25, 0.3) is 0 Å². The van der Waals surface area contributed by atoms with Crippen molar-refractivity contribution in [2.45, 2.75) is 18.6 Å². The highest BCUT2D eigenvalue weighted by Gasteiger charge is 2.40. The lowest BCUT2D eigenvalue weighted by Gasteiger charge is -2.28. The lowest BCUT2D eigenvalue weighted by molar-refractivity contribution is -0.153. The predicted molar refractivity (Wildman–Crippen MR) is 57.7 cm³/mol. The summed E-state index contributed by atoms with van der Waals surface area (Å²) in [6.45, 7) is 0.0229. The number of rotatable bonds is 4. The average Bonchev–Trinajstić information content (AvgIpc) is 2.35. The van der Waals surface area contributed by atoms with Gasteiger partial charge in [0, 0.05) is 18.0 Å². The monoisotopic (exact) mass is 262 g/mol. The Bertz CT molecular complexity index is 408. The summed E-state index contributed by atoms with van der Waals surface area (Å²) in [5.41, 5.74) is -1.28. The number of hydrogen-bond donors (Lipinski definition) is 1. The Morgan fingerprint density at radius 3 is 2.61 bits per heavy atom. The Kier molecular flexibility index (Phi) is 4.28. The molecule has 1 rings (SSSR count). The quantitative estimate of drug-likeness (QED) is 0.838. The summed E-state index contributed by atoms with van der Waals surface area (Å²) in [4.78, 5) is 15.5. The van der Waals surface area contributed by atoms with Gasteiger partial charge in [0.1, 0.15) is 5.54 Å². The molecule has 1 unspecified atom stereocenters. The Morgan fingerprint density at radius 1 is 1.50 bits per heavy atom. The maximum atomic E-state index is 12.2. The number of nitrogens with one attached hydrogen (secondary N) is 1.